The van der Waals surface area contributed by atoms with Gasteiger partial charge >= 0.3 is 5.97 Å². The van der Waals surface area contributed by atoms with Gasteiger partial charge in [-0.05, 0) is 36.8 Å². The summed E-state index contributed by atoms with van der Waals surface area (Å²) in [5.74, 6) is 0.545. The molecule has 0 saturated carbocycles. The third-order valence-corrected chi connectivity index (χ3v) is 5.50. The van der Waals surface area contributed by atoms with E-state index in [0.29, 0.717) is 13.2 Å². The summed E-state index contributed by atoms with van der Waals surface area (Å²) >= 11 is 0. The van der Waals surface area contributed by atoms with Crippen LogP contribution in [0.15, 0.2) is 48.7 Å². The van der Waals surface area contributed by atoms with E-state index < -0.39 is 0 Å². The number of carbonyl (C=O) groups excluding carboxylic acids is 1. The Balaban J connectivity index is 1.34. The van der Waals surface area contributed by atoms with Crippen LogP contribution in [0.25, 0.3) is 22.2 Å². The van der Waals surface area contributed by atoms with Crippen LogP contribution in [-0.4, -0.2) is 25.5 Å². The Bertz CT molecular complexity index is 1250. The van der Waals surface area contributed by atoms with Crippen LogP contribution in [0.1, 0.15) is 23.7 Å². The quantitative estimate of drug-likeness (QED) is 0.477. The molecule has 0 bridgehead atoms. The van der Waals surface area contributed by atoms with E-state index in [2.05, 4.69) is 5.10 Å². The van der Waals surface area contributed by atoms with Gasteiger partial charge in [0.05, 0.1) is 23.8 Å². The van der Waals surface area contributed by atoms with Crippen molar-refractivity contribution in [1.82, 2.24) is 19.6 Å². The zero-order valence-electron chi connectivity index (χ0n) is 17.0. The Morgan fingerprint density at radius 1 is 1.23 bits per heavy atom. The highest BCUT2D eigenvalue weighted by atomic mass is 16.5. The second-order valence-electron chi connectivity index (χ2n) is 7.37. The van der Waals surface area contributed by atoms with Gasteiger partial charge in [0, 0.05) is 30.1 Å². The summed E-state index contributed by atoms with van der Waals surface area (Å²) in [5.41, 5.74) is 5.66. The van der Waals surface area contributed by atoms with Crippen molar-refractivity contribution in [2.24, 2.45) is 7.05 Å². The molecule has 30 heavy (non-hydrogen) atoms. The Labute approximate surface area is 173 Å². The standard InChI is InChI=1S/C23H22N4O3/c1-3-27-20(18-14-29-21-7-5-4-6-17(21)23(18)25-27)11-22(28)30-13-15-8-9-19-16(10-15)12-24-26(19)2/h4-10,12H,3,11,13-14H2,1-2H3. The average Bonchev–Trinajstić information content (AvgIpc) is 3.32. The highest BCUT2D eigenvalue weighted by Gasteiger charge is 2.26. The summed E-state index contributed by atoms with van der Waals surface area (Å²) in [7, 11) is 1.90. The van der Waals surface area contributed by atoms with Gasteiger partial charge in [0.1, 0.15) is 24.7 Å². The van der Waals surface area contributed by atoms with Crippen LogP contribution in [0, 0.1) is 0 Å². The fraction of sp³-hybridized carbons (Fsp3) is 0.261. The summed E-state index contributed by atoms with van der Waals surface area (Å²) < 4.78 is 15.2. The zero-order chi connectivity index (χ0) is 20.7. The molecule has 0 atom stereocenters. The second kappa shape index (κ2) is 7.33. The number of hydrogen-bond acceptors (Lipinski definition) is 5. The first-order valence-corrected chi connectivity index (χ1v) is 10.0. The van der Waals surface area contributed by atoms with Gasteiger partial charge in [-0.25, -0.2) is 0 Å². The molecule has 0 radical (unpaired) electrons. The molecule has 1 aliphatic rings. The van der Waals surface area contributed by atoms with Crippen LogP contribution >= 0.6 is 0 Å². The molecule has 2 aromatic heterocycles. The second-order valence-corrected chi connectivity index (χ2v) is 7.37. The van der Waals surface area contributed by atoms with Crippen LogP contribution in [0.4, 0.5) is 0 Å². The third kappa shape index (κ3) is 3.12. The molecule has 0 unspecified atom stereocenters. The molecule has 0 spiro atoms. The van der Waals surface area contributed by atoms with Crippen molar-refractivity contribution >= 4 is 16.9 Å². The SMILES string of the molecule is CCn1nc2c(c1CC(=O)OCc1ccc3c(cnn3C)c1)COc1ccccc1-2. The minimum absolute atomic E-state index is 0.164. The van der Waals surface area contributed by atoms with Crippen molar-refractivity contribution in [3.05, 3.63) is 65.5 Å². The lowest BCUT2D eigenvalue weighted by atomic mass is 10.0. The number of aryl methyl sites for hydroxylation is 2. The molecule has 2 aromatic carbocycles. The molecule has 0 amide bonds. The molecule has 0 fully saturated rings. The lowest BCUT2D eigenvalue weighted by Gasteiger charge is -2.17. The van der Waals surface area contributed by atoms with Gasteiger partial charge in [0.2, 0.25) is 0 Å². The fourth-order valence-corrected chi connectivity index (χ4v) is 3.95. The highest BCUT2D eigenvalue weighted by molar-refractivity contribution is 5.80. The Morgan fingerprint density at radius 3 is 2.97 bits per heavy atom. The number of nitrogens with zero attached hydrogens (tertiary/aromatic N) is 4. The first kappa shape index (κ1) is 18.4. The molecule has 7 heteroatoms. The van der Waals surface area contributed by atoms with Crippen molar-refractivity contribution in [1.29, 1.82) is 0 Å². The van der Waals surface area contributed by atoms with Crippen molar-refractivity contribution in [3.8, 4) is 17.0 Å². The summed E-state index contributed by atoms with van der Waals surface area (Å²) in [6, 6.07) is 13.8. The molecule has 0 aliphatic carbocycles. The zero-order valence-corrected chi connectivity index (χ0v) is 17.0. The first-order chi connectivity index (χ1) is 14.6. The van der Waals surface area contributed by atoms with E-state index in [4.69, 9.17) is 14.6 Å². The van der Waals surface area contributed by atoms with Crippen LogP contribution in [0.3, 0.4) is 0 Å². The number of para-hydroxylation sites is 1. The normalized spacial score (nSPS) is 12.3. The minimum atomic E-state index is -0.280. The predicted octanol–water partition coefficient (Wildman–Crippen LogP) is 3.64. The Hall–Kier alpha value is -3.61. The summed E-state index contributed by atoms with van der Waals surface area (Å²) in [6.07, 6.45) is 1.97. The van der Waals surface area contributed by atoms with E-state index in [1.807, 2.05) is 72.0 Å². The Morgan fingerprint density at radius 2 is 2.10 bits per heavy atom. The number of esters is 1. The number of carbonyl (C=O) groups is 1. The van der Waals surface area contributed by atoms with Gasteiger partial charge in [0.25, 0.3) is 0 Å². The number of fused-ring (bicyclic) bond motifs is 4. The summed E-state index contributed by atoms with van der Waals surface area (Å²) in [5, 5.41) is 10.0. The molecule has 0 saturated heterocycles. The molecule has 7 nitrogen and oxygen atoms in total. The summed E-state index contributed by atoms with van der Waals surface area (Å²) in [4.78, 5) is 12.6. The maximum absolute atomic E-state index is 12.6. The largest absolute Gasteiger partial charge is 0.488 e. The highest BCUT2D eigenvalue weighted by Crippen LogP contribution is 2.38. The molecule has 0 N–H and O–H groups in total. The van der Waals surface area contributed by atoms with E-state index in [0.717, 1.165) is 44.7 Å². The third-order valence-electron chi connectivity index (χ3n) is 5.50. The van der Waals surface area contributed by atoms with E-state index in [9.17, 15) is 4.79 Å². The molecule has 5 rings (SSSR count). The lowest BCUT2D eigenvalue weighted by Crippen LogP contribution is -2.14. The van der Waals surface area contributed by atoms with E-state index in [-0.39, 0.29) is 19.0 Å². The first-order valence-electron chi connectivity index (χ1n) is 10.0. The van der Waals surface area contributed by atoms with Crippen molar-refractivity contribution in [3.63, 3.8) is 0 Å². The summed E-state index contributed by atoms with van der Waals surface area (Å²) in [6.45, 7) is 3.33. The van der Waals surface area contributed by atoms with Gasteiger partial charge in [-0.15, -0.1) is 0 Å². The topological polar surface area (TPSA) is 71.2 Å². The molecular formula is C23H22N4O3. The van der Waals surface area contributed by atoms with Crippen LogP contribution < -0.4 is 4.74 Å². The van der Waals surface area contributed by atoms with Crippen molar-refractivity contribution in [2.45, 2.75) is 33.1 Å². The maximum Gasteiger partial charge on any atom is 0.312 e. The maximum atomic E-state index is 12.6. The number of benzene rings is 2. The van der Waals surface area contributed by atoms with Gasteiger partial charge in [0.15, 0.2) is 0 Å². The number of ether oxygens (including phenoxy) is 2. The van der Waals surface area contributed by atoms with Crippen LogP contribution in [0.5, 0.6) is 5.75 Å². The smallest absolute Gasteiger partial charge is 0.312 e. The molecule has 3 heterocycles. The Kier molecular flexibility index (Phi) is 4.50. The molecule has 4 aromatic rings. The molecule has 1 aliphatic heterocycles. The van der Waals surface area contributed by atoms with Crippen LogP contribution in [-0.2, 0) is 42.8 Å². The molecular weight excluding hydrogens is 380 g/mol. The van der Waals surface area contributed by atoms with Gasteiger partial charge in [-0.3, -0.25) is 14.2 Å². The number of aromatic nitrogens is 4. The lowest BCUT2D eigenvalue weighted by molar-refractivity contribution is -0.144. The van der Waals surface area contributed by atoms with Crippen molar-refractivity contribution < 1.29 is 14.3 Å². The van der Waals surface area contributed by atoms with Gasteiger partial charge < -0.3 is 9.47 Å². The van der Waals surface area contributed by atoms with E-state index in [1.165, 1.54) is 0 Å². The molecule has 152 valence electrons. The monoisotopic (exact) mass is 402 g/mol. The van der Waals surface area contributed by atoms with E-state index >= 15 is 0 Å². The van der Waals surface area contributed by atoms with E-state index in [1.54, 1.807) is 0 Å². The van der Waals surface area contributed by atoms with Gasteiger partial charge in [-0.1, -0.05) is 18.2 Å². The van der Waals surface area contributed by atoms with Gasteiger partial charge in [-0.2, -0.15) is 10.2 Å². The fourth-order valence-electron chi connectivity index (χ4n) is 3.95. The van der Waals surface area contributed by atoms with Crippen LogP contribution in [0.2, 0.25) is 0 Å². The minimum Gasteiger partial charge on any atom is -0.488 e. The van der Waals surface area contributed by atoms with Crippen molar-refractivity contribution in [2.75, 3.05) is 0 Å². The number of hydrogen-bond donors (Lipinski definition) is 0. The number of rotatable bonds is 5. The predicted molar refractivity (Wildman–Crippen MR) is 112 cm³/mol. The average molecular weight is 402 g/mol.